The first-order chi connectivity index (χ1) is 12.7. The number of nitrogens with two attached hydrogens (primary N) is 1. The van der Waals surface area contributed by atoms with Gasteiger partial charge in [0, 0.05) is 18.9 Å². The molecule has 0 bridgehead atoms. The highest BCUT2D eigenvalue weighted by Gasteiger charge is 2.39. The smallest absolute Gasteiger partial charge is 0.326 e. The van der Waals surface area contributed by atoms with Crippen LogP contribution >= 0.6 is 0 Å². The predicted octanol–water partition coefficient (Wildman–Crippen LogP) is 1.27. The number of carbonyl (C=O) groups is 4. The fraction of sp³-hybridized carbons (Fsp3) is 0.789. The number of hydrogen-bond donors (Lipinski definition) is 3. The largest absolute Gasteiger partial charge is 0.480 e. The van der Waals surface area contributed by atoms with E-state index in [-0.39, 0.29) is 24.2 Å². The molecule has 1 heterocycles. The minimum atomic E-state index is -1.03. The van der Waals surface area contributed by atoms with Gasteiger partial charge in [-0.1, -0.05) is 40.0 Å². The van der Waals surface area contributed by atoms with Gasteiger partial charge in [-0.15, -0.1) is 0 Å². The molecule has 0 spiro atoms. The van der Waals surface area contributed by atoms with Crippen LogP contribution in [0.1, 0.15) is 65.7 Å². The van der Waals surface area contributed by atoms with E-state index in [9.17, 15) is 24.3 Å². The average Bonchev–Trinajstić information content (AvgIpc) is 3.07. The lowest BCUT2D eigenvalue weighted by molar-refractivity contribution is -0.150. The number of nitrogens with one attached hydrogen (secondary N) is 1. The number of primary amides is 1. The van der Waals surface area contributed by atoms with E-state index in [1.165, 1.54) is 4.90 Å². The molecule has 1 aliphatic rings. The fourth-order valence-corrected chi connectivity index (χ4v) is 3.46. The van der Waals surface area contributed by atoms with Crippen molar-refractivity contribution in [3.05, 3.63) is 0 Å². The van der Waals surface area contributed by atoms with E-state index in [0.29, 0.717) is 25.8 Å². The van der Waals surface area contributed by atoms with Crippen LogP contribution in [0.3, 0.4) is 0 Å². The Morgan fingerprint density at radius 1 is 1.22 bits per heavy atom. The highest BCUT2D eigenvalue weighted by molar-refractivity contribution is 5.92. The number of likely N-dealkylation sites (tertiary alicyclic amines) is 1. The monoisotopic (exact) mass is 383 g/mol. The van der Waals surface area contributed by atoms with Crippen molar-refractivity contribution in [3.63, 3.8) is 0 Å². The topological polar surface area (TPSA) is 130 Å². The van der Waals surface area contributed by atoms with Crippen LogP contribution in [0.4, 0.5) is 0 Å². The highest BCUT2D eigenvalue weighted by atomic mass is 16.4. The third-order valence-corrected chi connectivity index (χ3v) is 5.03. The quantitative estimate of drug-likeness (QED) is 0.463. The summed E-state index contributed by atoms with van der Waals surface area (Å²) in [4.78, 5) is 49.7. The maximum atomic E-state index is 12.9. The molecule has 1 rings (SSSR count). The third kappa shape index (κ3) is 6.84. The maximum absolute atomic E-state index is 12.9. The van der Waals surface area contributed by atoms with Crippen molar-refractivity contribution >= 4 is 23.7 Å². The molecule has 1 fully saturated rings. The molecule has 0 aromatic carbocycles. The standard InChI is InChI=1S/C19H33N3O5/c1-4-5-6-8-13(11-15(20)23)17(24)21-16(12(2)3)18(25)22-10-7-9-14(22)19(26)27/h12-14,16H,4-11H2,1-3H3,(H2,20,23)(H,21,24)(H,26,27). The summed E-state index contributed by atoms with van der Waals surface area (Å²) < 4.78 is 0. The van der Waals surface area contributed by atoms with Crippen molar-refractivity contribution in [2.75, 3.05) is 6.54 Å². The van der Waals surface area contributed by atoms with Crippen LogP contribution in [0.2, 0.25) is 0 Å². The van der Waals surface area contributed by atoms with Crippen molar-refractivity contribution in [2.45, 2.75) is 77.8 Å². The molecular formula is C19H33N3O5. The Morgan fingerprint density at radius 3 is 2.41 bits per heavy atom. The predicted molar refractivity (Wildman–Crippen MR) is 101 cm³/mol. The minimum Gasteiger partial charge on any atom is -0.480 e. The first kappa shape index (κ1) is 22.9. The number of carbonyl (C=O) groups excluding carboxylic acids is 3. The summed E-state index contributed by atoms with van der Waals surface area (Å²) in [6.07, 6.45) is 4.26. The number of rotatable bonds is 11. The first-order valence-corrected chi connectivity index (χ1v) is 9.80. The summed E-state index contributed by atoms with van der Waals surface area (Å²) in [7, 11) is 0. The lowest BCUT2D eigenvalue weighted by atomic mass is 9.94. The summed E-state index contributed by atoms with van der Waals surface area (Å²) in [6.45, 7) is 6.02. The summed E-state index contributed by atoms with van der Waals surface area (Å²) in [6, 6.07) is -1.67. The number of carboxylic acid groups (broad SMARTS) is 1. The molecule has 4 N–H and O–H groups in total. The van der Waals surface area contributed by atoms with Gasteiger partial charge in [-0.05, 0) is 25.2 Å². The zero-order chi connectivity index (χ0) is 20.6. The molecule has 0 aliphatic carbocycles. The van der Waals surface area contributed by atoms with Crippen LogP contribution in [-0.2, 0) is 19.2 Å². The molecule has 0 aromatic heterocycles. The van der Waals surface area contributed by atoms with E-state index in [1.54, 1.807) is 13.8 Å². The van der Waals surface area contributed by atoms with Crippen molar-refractivity contribution in [1.29, 1.82) is 0 Å². The van der Waals surface area contributed by atoms with Crippen molar-refractivity contribution in [2.24, 2.45) is 17.6 Å². The molecule has 27 heavy (non-hydrogen) atoms. The van der Waals surface area contributed by atoms with Gasteiger partial charge in [0.2, 0.25) is 17.7 Å². The molecule has 3 amide bonds. The van der Waals surface area contributed by atoms with Crippen LogP contribution in [0.5, 0.6) is 0 Å². The Bertz CT molecular complexity index is 549. The zero-order valence-electron chi connectivity index (χ0n) is 16.6. The fourth-order valence-electron chi connectivity index (χ4n) is 3.46. The molecule has 3 unspecified atom stereocenters. The second-order valence-electron chi connectivity index (χ2n) is 7.62. The molecule has 1 aliphatic heterocycles. The van der Waals surface area contributed by atoms with Gasteiger partial charge in [0.05, 0.1) is 0 Å². The number of carboxylic acids is 1. The molecule has 1 saturated heterocycles. The van der Waals surface area contributed by atoms with Crippen LogP contribution in [0, 0.1) is 11.8 Å². The lowest BCUT2D eigenvalue weighted by Gasteiger charge is -2.30. The SMILES string of the molecule is CCCCCC(CC(N)=O)C(=O)NC(C(=O)N1CCCC1C(=O)O)C(C)C. The van der Waals surface area contributed by atoms with Crippen LogP contribution < -0.4 is 11.1 Å². The maximum Gasteiger partial charge on any atom is 0.326 e. The molecule has 8 nitrogen and oxygen atoms in total. The number of hydrogen-bond acceptors (Lipinski definition) is 4. The van der Waals surface area contributed by atoms with Crippen molar-refractivity contribution in [1.82, 2.24) is 10.2 Å². The Kier molecular flexibility index (Phi) is 9.25. The van der Waals surface area contributed by atoms with Gasteiger partial charge in [0.25, 0.3) is 0 Å². The Hall–Kier alpha value is -2.12. The van der Waals surface area contributed by atoms with Crippen LogP contribution in [-0.4, -0.2) is 52.3 Å². The summed E-state index contributed by atoms with van der Waals surface area (Å²) in [5, 5.41) is 12.1. The highest BCUT2D eigenvalue weighted by Crippen LogP contribution is 2.21. The van der Waals surface area contributed by atoms with Crippen LogP contribution in [0.25, 0.3) is 0 Å². The van der Waals surface area contributed by atoms with Crippen LogP contribution in [0.15, 0.2) is 0 Å². The number of aliphatic carboxylic acids is 1. The van der Waals surface area contributed by atoms with Gasteiger partial charge in [-0.25, -0.2) is 4.79 Å². The summed E-state index contributed by atoms with van der Waals surface area (Å²) in [5.74, 6) is -3.11. The van der Waals surface area contributed by atoms with Gasteiger partial charge >= 0.3 is 5.97 Å². The Morgan fingerprint density at radius 2 is 1.89 bits per heavy atom. The van der Waals surface area contributed by atoms with E-state index in [2.05, 4.69) is 5.32 Å². The Labute approximate surface area is 160 Å². The van der Waals surface area contributed by atoms with E-state index in [1.807, 2.05) is 6.92 Å². The number of nitrogens with zero attached hydrogens (tertiary/aromatic N) is 1. The van der Waals surface area contributed by atoms with Gasteiger partial charge in [-0.3, -0.25) is 14.4 Å². The first-order valence-electron chi connectivity index (χ1n) is 9.80. The summed E-state index contributed by atoms with van der Waals surface area (Å²) in [5.41, 5.74) is 5.28. The van der Waals surface area contributed by atoms with Gasteiger partial charge < -0.3 is 21.1 Å². The number of amides is 3. The molecule has 8 heteroatoms. The van der Waals surface area contributed by atoms with E-state index >= 15 is 0 Å². The van der Waals surface area contributed by atoms with Gasteiger partial charge in [-0.2, -0.15) is 0 Å². The second-order valence-corrected chi connectivity index (χ2v) is 7.62. The molecule has 0 saturated carbocycles. The summed E-state index contributed by atoms with van der Waals surface area (Å²) >= 11 is 0. The molecule has 0 radical (unpaired) electrons. The van der Waals surface area contributed by atoms with Crippen molar-refractivity contribution < 1.29 is 24.3 Å². The molecular weight excluding hydrogens is 350 g/mol. The zero-order valence-corrected chi connectivity index (χ0v) is 16.6. The van der Waals surface area contributed by atoms with Crippen molar-refractivity contribution in [3.8, 4) is 0 Å². The third-order valence-electron chi connectivity index (χ3n) is 5.03. The van der Waals surface area contributed by atoms with E-state index in [4.69, 9.17) is 5.73 Å². The normalized spacial score (nSPS) is 19.0. The average molecular weight is 383 g/mol. The van der Waals surface area contributed by atoms with Gasteiger partial charge in [0.15, 0.2) is 0 Å². The Balaban J connectivity index is 2.86. The molecule has 154 valence electrons. The molecule has 3 atom stereocenters. The van der Waals surface area contributed by atoms with E-state index < -0.39 is 29.9 Å². The van der Waals surface area contributed by atoms with Gasteiger partial charge in [0.1, 0.15) is 12.1 Å². The second kappa shape index (κ2) is 10.9. The molecule has 0 aromatic rings. The lowest BCUT2D eigenvalue weighted by Crippen LogP contribution is -2.54. The minimum absolute atomic E-state index is 0.0595. The van der Waals surface area contributed by atoms with E-state index in [0.717, 1.165) is 19.3 Å². The number of unbranched alkanes of at least 4 members (excludes halogenated alkanes) is 2.